The van der Waals surface area contributed by atoms with Gasteiger partial charge in [-0.25, -0.2) is 4.98 Å². The van der Waals surface area contributed by atoms with Crippen molar-refractivity contribution in [1.29, 1.82) is 0 Å². The first-order chi connectivity index (χ1) is 16.2. The van der Waals surface area contributed by atoms with Gasteiger partial charge in [0.2, 0.25) is 5.91 Å². The van der Waals surface area contributed by atoms with Crippen molar-refractivity contribution in [2.24, 2.45) is 0 Å². The minimum absolute atomic E-state index is 0.0567. The van der Waals surface area contributed by atoms with Crippen LogP contribution in [0.4, 0.5) is 0 Å². The molecule has 2 aliphatic rings. The number of aromatic nitrogens is 1. The summed E-state index contributed by atoms with van der Waals surface area (Å²) in [5.74, 6) is 0.394. The van der Waals surface area contributed by atoms with E-state index in [0.717, 1.165) is 56.5 Å². The summed E-state index contributed by atoms with van der Waals surface area (Å²) in [6.07, 6.45) is 2.09. The number of rotatable bonds is 7. The first-order valence-electron chi connectivity index (χ1n) is 11.5. The number of amides is 2. The molecule has 1 aliphatic heterocycles. The van der Waals surface area contributed by atoms with Crippen molar-refractivity contribution >= 4 is 34.5 Å². The molecule has 0 radical (unpaired) electrons. The molecule has 1 saturated carbocycles. The molecule has 2 heterocycles. The van der Waals surface area contributed by atoms with E-state index in [2.05, 4.69) is 34.5 Å². The topological polar surface area (TPSA) is 65.5 Å². The molecule has 170 valence electrons. The lowest BCUT2D eigenvalue weighted by Gasteiger charge is -2.34. The highest BCUT2D eigenvalue weighted by Crippen LogP contribution is 2.26. The standard InChI is InChI=1S/C26H28N4O2S/c31-25(30-14-12-29(13-15-30)17-19-6-2-1-3-7-19)18-33-24-16-22(26(32)27-20-10-11-20)21-8-4-5-9-23(21)28-24/h1-9,16,20H,10-15,17-18H2,(H,27,32). The Kier molecular flexibility index (Phi) is 6.60. The second-order valence-electron chi connectivity index (χ2n) is 8.70. The summed E-state index contributed by atoms with van der Waals surface area (Å²) in [5, 5.41) is 4.63. The van der Waals surface area contributed by atoms with E-state index in [-0.39, 0.29) is 11.8 Å². The Labute approximate surface area is 198 Å². The van der Waals surface area contributed by atoms with Gasteiger partial charge in [-0.1, -0.05) is 60.3 Å². The monoisotopic (exact) mass is 460 g/mol. The Bertz CT molecular complexity index is 1140. The Hall–Kier alpha value is -2.90. The third kappa shape index (κ3) is 5.54. The average Bonchev–Trinajstić information content (AvgIpc) is 3.67. The number of carbonyl (C=O) groups excluding carboxylic acids is 2. The number of pyridine rings is 1. The van der Waals surface area contributed by atoms with E-state index >= 15 is 0 Å². The van der Waals surface area contributed by atoms with Crippen LogP contribution in [0.1, 0.15) is 28.8 Å². The normalized spacial score (nSPS) is 16.7. The first-order valence-corrected chi connectivity index (χ1v) is 12.5. The Morgan fingerprint density at radius 2 is 1.70 bits per heavy atom. The number of para-hydroxylation sites is 1. The minimum Gasteiger partial charge on any atom is -0.349 e. The van der Waals surface area contributed by atoms with Crippen LogP contribution in [0.2, 0.25) is 0 Å². The predicted molar refractivity (Wildman–Crippen MR) is 131 cm³/mol. The van der Waals surface area contributed by atoms with E-state index in [9.17, 15) is 9.59 Å². The van der Waals surface area contributed by atoms with Crippen molar-refractivity contribution in [2.75, 3.05) is 31.9 Å². The van der Waals surface area contributed by atoms with Gasteiger partial charge in [-0.3, -0.25) is 14.5 Å². The van der Waals surface area contributed by atoms with Crippen molar-refractivity contribution in [3.8, 4) is 0 Å². The number of thioether (sulfide) groups is 1. The Morgan fingerprint density at radius 3 is 2.45 bits per heavy atom. The van der Waals surface area contributed by atoms with Crippen molar-refractivity contribution in [2.45, 2.75) is 30.5 Å². The lowest BCUT2D eigenvalue weighted by Crippen LogP contribution is -2.48. The predicted octanol–water partition coefficient (Wildman–Crippen LogP) is 3.56. The van der Waals surface area contributed by atoms with Crippen LogP contribution >= 0.6 is 11.8 Å². The van der Waals surface area contributed by atoms with Crippen molar-refractivity contribution < 1.29 is 9.59 Å². The Balaban J connectivity index is 1.19. The van der Waals surface area contributed by atoms with Gasteiger partial charge in [0.05, 0.1) is 21.9 Å². The third-order valence-electron chi connectivity index (χ3n) is 6.17. The molecule has 5 rings (SSSR count). The molecule has 1 aliphatic carbocycles. The summed E-state index contributed by atoms with van der Waals surface area (Å²) >= 11 is 1.41. The van der Waals surface area contributed by atoms with Crippen molar-refractivity contribution in [3.63, 3.8) is 0 Å². The lowest BCUT2D eigenvalue weighted by atomic mass is 10.1. The van der Waals surface area contributed by atoms with Gasteiger partial charge in [0.25, 0.3) is 5.91 Å². The van der Waals surface area contributed by atoms with E-state index in [1.807, 2.05) is 41.3 Å². The maximum absolute atomic E-state index is 12.9. The third-order valence-corrected chi connectivity index (χ3v) is 7.06. The van der Waals surface area contributed by atoms with Gasteiger partial charge in [0, 0.05) is 44.2 Å². The van der Waals surface area contributed by atoms with E-state index in [4.69, 9.17) is 4.98 Å². The average molecular weight is 461 g/mol. The fourth-order valence-electron chi connectivity index (χ4n) is 4.13. The van der Waals surface area contributed by atoms with Crippen molar-refractivity contribution in [1.82, 2.24) is 20.1 Å². The molecule has 2 fully saturated rings. The molecule has 7 heteroatoms. The van der Waals surface area contributed by atoms with Gasteiger partial charge >= 0.3 is 0 Å². The summed E-state index contributed by atoms with van der Waals surface area (Å²) in [4.78, 5) is 34.7. The van der Waals surface area contributed by atoms with E-state index in [0.29, 0.717) is 22.4 Å². The molecular formula is C26H28N4O2S. The van der Waals surface area contributed by atoms with Crippen LogP contribution in [0.5, 0.6) is 0 Å². The van der Waals surface area contributed by atoms with Crippen LogP contribution in [0.15, 0.2) is 65.7 Å². The van der Waals surface area contributed by atoms with E-state index < -0.39 is 0 Å². The maximum atomic E-state index is 12.9. The van der Waals surface area contributed by atoms with Gasteiger partial charge in [-0.2, -0.15) is 0 Å². The second-order valence-corrected chi connectivity index (χ2v) is 9.70. The number of nitrogens with one attached hydrogen (secondary N) is 1. The minimum atomic E-state index is -0.0567. The van der Waals surface area contributed by atoms with Crippen LogP contribution < -0.4 is 5.32 Å². The molecule has 1 saturated heterocycles. The zero-order valence-corrected chi connectivity index (χ0v) is 19.4. The van der Waals surface area contributed by atoms with Gasteiger partial charge in [0.15, 0.2) is 0 Å². The van der Waals surface area contributed by atoms with E-state index in [1.165, 1.54) is 17.3 Å². The molecule has 6 nitrogen and oxygen atoms in total. The summed E-state index contributed by atoms with van der Waals surface area (Å²) in [6, 6.07) is 20.3. The molecule has 0 unspecified atom stereocenters. The molecule has 1 aromatic heterocycles. The fraction of sp³-hybridized carbons (Fsp3) is 0.346. The molecule has 1 N–H and O–H groups in total. The number of hydrogen-bond donors (Lipinski definition) is 1. The number of fused-ring (bicyclic) bond motifs is 1. The second kappa shape index (κ2) is 9.93. The molecule has 3 aromatic rings. The highest BCUT2D eigenvalue weighted by molar-refractivity contribution is 7.99. The van der Waals surface area contributed by atoms with Crippen LogP contribution in [0, 0.1) is 0 Å². The molecule has 2 aromatic carbocycles. The van der Waals surface area contributed by atoms with Crippen LogP contribution in [-0.4, -0.2) is 64.6 Å². The largest absolute Gasteiger partial charge is 0.349 e. The smallest absolute Gasteiger partial charge is 0.252 e. The number of benzene rings is 2. The van der Waals surface area contributed by atoms with Gasteiger partial charge in [0.1, 0.15) is 0 Å². The van der Waals surface area contributed by atoms with Gasteiger partial charge < -0.3 is 10.2 Å². The zero-order valence-electron chi connectivity index (χ0n) is 18.6. The highest BCUT2D eigenvalue weighted by atomic mass is 32.2. The molecular weight excluding hydrogens is 432 g/mol. The zero-order chi connectivity index (χ0) is 22.6. The summed E-state index contributed by atoms with van der Waals surface area (Å²) in [6.45, 7) is 4.17. The highest BCUT2D eigenvalue weighted by Gasteiger charge is 2.25. The van der Waals surface area contributed by atoms with Crippen molar-refractivity contribution in [3.05, 3.63) is 71.8 Å². The van der Waals surface area contributed by atoms with Gasteiger partial charge in [-0.15, -0.1) is 0 Å². The number of piperazine rings is 1. The SMILES string of the molecule is O=C(NC1CC1)c1cc(SCC(=O)N2CCN(Cc3ccccc3)CC2)nc2ccccc12. The number of nitrogens with zero attached hydrogens (tertiary/aromatic N) is 3. The molecule has 0 spiro atoms. The summed E-state index contributed by atoms with van der Waals surface area (Å²) in [5.41, 5.74) is 2.72. The quantitative estimate of drug-likeness (QED) is 0.546. The Morgan fingerprint density at radius 1 is 0.970 bits per heavy atom. The molecule has 2 amide bonds. The summed E-state index contributed by atoms with van der Waals surface area (Å²) < 4.78 is 0. The van der Waals surface area contributed by atoms with E-state index in [1.54, 1.807) is 0 Å². The fourth-order valence-corrected chi connectivity index (χ4v) is 4.95. The summed E-state index contributed by atoms with van der Waals surface area (Å²) in [7, 11) is 0. The molecule has 0 atom stereocenters. The number of carbonyl (C=O) groups is 2. The van der Waals surface area contributed by atoms with Crippen LogP contribution in [0.25, 0.3) is 10.9 Å². The lowest BCUT2D eigenvalue weighted by molar-refractivity contribution is -0.130. The molecule has 0 bridgehead atoms. The maximum Gasteiger partial charge on any atom is 0.252 e. The van der Waals surface area contributed by atoms with Crippen LogP contribution in [0.3, 0.4) is 0 Å². The van der Waals surface area contributed by atoms with Gasteiger partial charge in [-0.05, 0) is 30.5 Å². The molecule has 33 heavy (non-hydrogen) atoms. The first kappa shape index (κ1) is 21.9. The van der Waals surface area contributed by atoms with Crippen LogP contribution in [-0.2, 0) is 11.3 Å². The number of hydrogen-bond acceptors (Lipinski definition) is 5.